The lowest BCUT2D eigenvalue weighted by molar-refractivity contribution is -0.380. The van der Waals surface area contributed by atoms with Gasteiger partial charge >= 0.3 is 11.0 Å². The van der Waals surface area contributed by atoms with Gasteiger partial charge in [-0.3, -0.25) is 14.9 Å². The molecule has 0 aliphatic carbocycles. The van der Waals surface area contributed by atoms with E-state index in [1.165, 1.54) is 13.3 Å². The lowest BCUT2D eigenvalue weighted by Gasteiger charge is -1.99. The Kier molecular flexibility index (Phi) is 3.98. The predicted octanol–water partition coefficient (Wildman–Crippen LogP) is 1.03. The minimum Gasteiger partial charge on any atom is -0.469 e. The average Bonchev–Trinajstić information content (AvgIpc) is 2.66. The zero-order valence-corrected chi connectivity index (χ0v) is 8.74. The molecule has 0 unspecified atom stereocenters. The van der Waals surface area contributed by atoms with E-state index in [9.17, 15) is 14.9 Å². The van der Waals surface area contributed by atoms with Gasteiger partial charge in [0.15, 0.2) is 5.13 Å². The summed E-state index contributed by atoms with van der Waals surface area (Å²) in [5, 5.41) is 13.5. The molecule has 8 heteroatoms. The lowest BCUT2D eigenvalue weighted by Crippen LogP contribution is -2.09. The summed E-state index contributed by atoms with van der Waals surface area (Å²) < 4.78 is 4.43. The highest BCUT2D eigenvalue weighted by Gasteiger charge is 2.11. The highest BCUT2D eigenvalue weighted by molar-refractivity contribution is 7.18. The summed E-state index contributed by atoms with van der Waals surface area (Å²) in [5.74, 6) is -0.339. The maximum absolute atomic E-state index is 10.7. The van der Waals surface area contributed by atoms with Crippen LogP contribution in [0.2, 0.25) is 0 Å². The second kappa shape index (κ2) is 5.25. The highest BCUT2D eigenvalue weighted by Crippen LogP contribution is 2.24. The number of thiazole rings is 1. The summed E-state index contributed by atoms with van der Waals surface area (Å²) in [6.07, 6.45) is 1.37. The first kappa shape index (κ1) is 11.4. The Morgan fingerprint density at radius 3 is 3.07 bits per heavy atom. The molecule has 0 bridgehead atoms. The van der Waals surface area contributed by atoms with E-state index < -0.39 is 4.92 Å². The van der Waals surface area contributed by atoms with Crippen molar-refractivity contribution in [1.29, 1.82) is 0 Å². The van der Waals surface area contributed by atoms with Crippen LogP contribution >= 0.6 is 11.3 Å². The molecule has 0 atom stereocenters. The van der Waals surface area contributed by atoms with E-state index >= 15 is 0 Å². The number of aromatic nitrogens is 1. The molecule has 1 N–H and O–H groups in total. The van der Waals surface area contributed by atoms with Crippen molar-refractivity contribution in [3.63, 3.8) is 0 Å². The first-order chi connectivity index (χ1) is 7.13. The predicted molar refractivity (Wildman–Crippen MR) is 53.9 cm³/mol. The number of carbonyl (C=O) groups excluding carboxylic acids is 1. The Morgan fingerprint density at radius 1 is 1.80 bits per heavy atom. The quantitative estimate of drug-likeness (QED) is 0.462. The van der Waals surface area contributed by atoms with E-state index in [1.54, 1.807) is 0 Å². The Labute approximate surface area is 89.2 Å². The van der Waals surface area contributed by atoms with Crippen molar-refractivity contribution in [2.75, 3.05) is 19.0 Å². The third-order valence-corrected chi connectivity index (χ3v) is 2.41. The van der Waals surface area contributed by atoms with Crippen LogP contribution in [0, 0.1) is 10.1 Å². The minimum absolute atomic E-state index is 0.0319. The van der Waals surface area contributed by atoms with Crippen molar-refractivity contribution in [3.8, 4) is 0 Å². The van der Waals surface area contributed by atoms with Crippen LogP contribution in [-0.4, -0.2) is 29.5 Å². The maximum Gasteiger partial charge on any atom is 0.345 e. The van der Waals surface area contributed by atoms with E-state index in [1.807, 2.05) is 0 Å². The fourth-order valence-electron chi connectivity index (χ4n) is 0.805. The van der Waals surface area contributed by atoms with E-state index in [0.717, 1.165) is 11.3 Å². The summed E-state index contributed by atoms with van der Waals surface area (Å²) in [5.41, 5.74) is 0. The highest BCUT2D eigenvalue weighted by atomic mass is 32.1. The van der Waals surface area contributed by atoms with Crippen molar-refractivity contribution in [2.24, 2.45) is 0 Å². The maximum atomic E-state index is 10.7. The van der Waals surface area contributed by atoms with Crippen molar-refractivity contribution in [2.45, 2.75) is 6.42 Å². The van der Waals surface area contributed by atoms with Crippen LogP contribution in [-0.2, 0) is 9.53 Å². The smallest absolute Gasteiger partial charge is 0.345 e. The fraction of sp³-hybridized carbons (Fsp3) is 0.429. The zero-order valence-electron chi connectivity index (χ0n) is 7.93. The molecule has 0 amide bonds. The number of hydrogen-bond donors (Lipinski definition) is 1. The van der Waals surface area contributed by atoms with Gasteiger partial charge in [-0.1, -0.05) is 0 Å². The third-order valence-electron chi connectivity index (χ3n) is 1.51. The number of rotatable bonds is 5. The Hall–Kier alpha value is -1.70. The number of nitrogens with zero attached hydrogens (tertiary/aromatic N) is 2. The molecular formula is C7H9N3O4S. The van der Waals surface area contributed by atoms with Crippen molar-refractivity contribution in [3.05, 3.63) is 16.3 Å². The van der Waals surface area contributed by atoms with Gasteiger partial charge in [0.2, 0.25) is 0 Å². The van der Waals surface area contributed by atoms with Crippen LogP contribution in [0.1, 0.15) is 6.42 Å². The molecule has 1 aromatic rings. The van der Waals surface area contributed by atoms with Crippen LogP contribution in [0.3, 0.4) is 0 Å². The molecule has 0 spiro atoms. The van der Waals surface area contributed by atoms with Gasteiger partial charge in [0.25, 0.3) is 0 Å². The molecule has 0 radical (unpaired) electrons. The van der Waals surface area contributed by atoms with E-state index in [4.69, 9.17) is 0 Å². The van der Waals surface area contributed by atoms with Gasteiger partial charge in [-0.15, -0.1) is 0 Å². The molecule has 15 heavy (non-hydrogen) atoms. The monoisotopic (exact) mass is 231 g/mol. The normalized spacial score (nSPS) is 9.67. The summed E-state index contributed by atoms with van der Waals surface area (Å²) >= 11 is 0.927. The molecule has 1 heterocycles. The topological polar surface area (TPSA) is 94.4 Å². The summed E-state index contributed by atoms with van der Waals surface area (Å²) in [6.45, 7) is 0.345. The van der Waals surface area contributed by atoms with Crippen LogP contribution in [0.15, 0.2) is 6.20 Å². The molecule has 82 valence electrons. The van der Waals surface area contributed by atoms with E-state index in [0.29, 0.717) is 11.7 Å². The second-order valence-electron chi connectivity index (χ2n) is 2.51. The molecule has 0 saturated heterocycles. The van der Waals surface area contributed by atoms with Gasteiger partial charge in [0.05, 0.1) is 18.5 Å². The summed E-state index contributed by atoms with van der Waals surface area (Å²) in [7, 11) is 1.30. The first-order valence-electron chi connectivity index (χ1n) is 4.04. The molecule has 1 rings (SSSR count). The largest absolute Gasteiger partial charge is 0.469 e. The number of nitro groups is 1. The molecular weight excluding hydrogens is 222 g/mol. The molecule has 0 aromatic carbocycles. The average molecular weight is 231 g/mol. The van der Waals surface area contributed by atoms with Gasteiger partial charge < -0.3 is 10.1 Å². The van der Waals surface area contributed by atoms with Crippen LogP contribution in [0.25, 0.3) is 0 Å². The minimum atomic E-state index is -0.511. The van der Waals surface area contributed by atoms with Crippen molar-refractivity contribution >= 4 is 27.4 Å². The molecule has 7 nitrogen and oxygen atoms in total. The third kappa shape index (κ3) is 3.50. The molecule has 0 aliphatic rings. The fourth-order valence-corrected chi connectivity index (χ4v) is 1.46. The number of hydrogen-bond acceptors (Lipinski definition) is 7. The van der Waals surface area contributed by atoms with Crippen LogP contribution in [0.5, 0.6) is 0 Å². The Morgan fingerprint density at radius 2 is 2.53 bits per heavy atom. The number of anilines is 1. The molecule has 0 saturated carbocycles. The van der Waals surface area contributed by atoms with Gasteiger partial charge in [-0.25, -0.2) is 4.98 Å². The van der Waals surface area contributed by atoms with E-state index in [-0.39, 0.29) is 17.4 Å². The number of ether oxygens (including phenoxy) is 1. The summed E-state index contributed by atoms with van der Waals surface area (Å²) in [4.78, 5) is 24.3. The van der Waals surface area contributed by atoms with Crippen molar-refractivity contribution < 1.29 is 14.5 Å². The first-order valence-corrected chi connectivity index (χ1v) is 4.86. The van der Waals surface area contributed by atoms with E-state index in [2.05, 4.69) is 15.0 Å². The number of carbonyl (C=O) groups is 1. The molecule has 0 fully saturated rings. The van der Waals surface area contributed by atoms with Gasteiger partial charge in [-0.2, -0.15) is 0 Å². The van der Waals surface area contributed by atoms with Crippen molar-refractivity contribution in [1.82, 2.24) is 4.98 Å². The number of nitrogens with one attached hydrogen (secondary N) is 1. The SMILES string of the molecule is COC(=O)CCNc1ncc([N+](=O)[O-])s1. The van der Waals surface area contributed by atoms with Crippen LogP contribution < -0.4 is 5.32 Å². The van der Waals surface area contributed by atoms with Crippen LogP contribution in [0.4, 0.5) is 10.1 Å². The standard InChI is InChI=1S/C7H9N3O4S/c1-14-6(11)2-3-8-7-9-4-5(15-7)10(12)13/h4H,2-3H2,1H3,(H,8,9). The van der Waals surface area contributed by atoms with Gasteiger partial charge in [-0.05, 0) is 11.3 Å². The molecule has 1 aromatic heterocycles. The summed E-state index contributed by atoms with van der Waals surface area (Å²) in [6, 6.07) is 0. The number of esters is 1. The number of methoxy groups -OCH3 is 1. The zero-order chi connectivity index (χ0) is 11.3. The van der Waals surface area contributed by atoms with Gasteiger partial charge in [0.1, 0.15) is 6.20 Å². The second-order valence-corrected chi connectivity index (χ2v) is 3.52. The Balaban J connectivity index is 2.38. The Bertz CT molecular complexity index is 365. The molecule has 0 aliphatic heterocycles. The van der Waals surface area contributed by atoms with Gasteiger partial charge in [0, 0.05) is 6.54 Å². The lowest BCUT2D eigenvalue weighted by atomic mass is 10.4.